The number of urea groups is 1. The van der Waals surface area contributed by atoms with Gasteiger partial charge in [-0.05, 0) is 44.7 Å². The first-order valence-corrected chi connectivity index (χ1v) is 8.36. The quantitative estimate of drug-likeness (QED) is 0.893. The molecule has 0 atom stereocenters. The molecule has 2 N–H and O–H groups in total. The number of para-hydroxylation sites is 2. The standard InChI is InChI=1S/C16H19N3O2S/c1-2-21-13-9-5-3-7-11(13)17-15(20)19-16-18-12-8-4-6-10-14(12)22-16/h3,5,7,9H,2,4,6,8,10H2,1H3,(H2,17,18,19,20). The largest absolute Gasteiger partial charge is 0.492 e. The van der Waals surface area contributed by atoms with Crippen molar-refractivity contribution in [1.29, 1.82) is 0 Å². The molecule has 0 unspecified atom stereocenters. The number of nitrogens with one attached hydrogen (secondary N) is 2. The number of fused-ring (bicyclic) bond motifs is 1. The second kappa shape index (κ2) is 6.79. The Labute approximate surface area is 133 Å². The van der Waals surface area contributed by atoms with Gasteiger partial charge in [-0.15, -0.1) is 11.3 Å². The lowest BCUT2D eigenvalue weighted by Gasteiger charge is -2.11. The van der Waals surface area contributed by atoms with E-state index in [9.17, 15) is 4.79 Å². The number of aromatic nitrogens is 1. The van der Waals surface area contributed by atoms with Crippen molar-refractivity contribution in [3.05, 3.63) is 34.8 Å². The maximum Gasteiger partial charge on any atom is 0.325 e. The van der Waals surface area contributed by atoms with Crippen LogP contribution in [0.5, 0.6) is 5.75 Å². The van der Waals surface area contributed by atoms with Crippen LogP contribution in [-0.2, 0) is 12.8 Å². The molecule has 0 spiro atoms. The van der Waals surface area contributed by atoms with Gasteiger partial charge in [-0.25, -0.2) is 9.78 Å². The Hall–Kier alpha value is -2.08. The SMILES string of the molecule is CCOc1ccccc1NC(=O)Nc1nc2c(s1)CCCC2. The van der Waals surface area contributed by atoms with Crippen LogP contribution in [0.4, 0.5) is 15.6 Å². The summed E-state index contributed by atoms with van der Waals surface area (Å²) in [6, 6.07) is 7.10. The van der Waals surface area contributed by atoms with Gasteiger partial charge in [0.2, 0.25) is 0 Å². The van der Waals surface area contributed by atoms with Crippen molar-refractivity contribution < 1.29 is 9.53 Å². The predicted molar refractivity (Wildman–Crippen MR) is 89.0 cm³/mol. The first kappa shape index (κ1) is 14.8. The van der Waals surface area contributed by atoms with Crippen LogP contribution in [0.3, 0.4) is 0 Å². The molecule has 3 rings (SSSR count). The van der Waals surface area contributed by atoms with Crippen molar-refractivity contribution in [2.24, 2.45) is 0 Å². The van der Waals surface area contributed by atoms with E-state index in [0.717, 1.165) is 18.5 Å². The van der Waals surface area contributed by atoms with Crippen LogP contribution in [0.2, 0.25) is 0 Å². The Bertz CT molecular complexity index is 646. The van der Waals surface area contributed by atoms with Crippen molar-refractivity contribution in [3.63, 3.8) is 0 Å². The number of ether oxygens (including phenoxy) is 1. The molecule has 0 saturated carbocycles. The van der Waals surface area contributed by atoms with Gasteiger partial charge in [0, 0.05) is 4.88 Å². The van der Waals surface area contributed by atoms with Gasteiger partial charge in [-0.3, -0.25) is 5.32 Å². The normalized spacial score (nSPS) is 13.3. The predicted octanol–water partition coefficient (Wildman–Crippen LogP) is 4.06. The van der Waals surface area contributed by atoms with Gasteiger partial charge in [-0.2, -0.15) is 0 Å². The molecule has 2 aromatic rings. The van der Waals surface area contributed by atoms with E-state index in [1.54, 1.807) is 11.3 Å². The summed E-state index contributed by atoms with van der Waals surface area (Å²) in [6.45, 7) is 2.47. The zero-order chi connectivity index (χ0) is 15.4. The average Bonchev–Trinajstić information content (AvgIpc) is 2.91. The average molecular weight is 317 g/mol. The number of nitrogens with zero attached hydrogens (tertiary/aromatic N) is 1. The minimum Gasteiger partial charge on any atom is -0.492 e. The Kier molecular flexibility index (Phi) is 4.58. The minimum atomic E-state index is -0.293. The number of aryl methyl sites for hydroxylation is 2. The van der Waals surface area contributed by atoms with E-state index in [2.05, 4.69) is 15.6 Å². The third kappa shape index (κ3) is 3.39. The maximum absolute atomic E-state index is 12.1. The van der Waals surface area contributed by atoms with Gasteiger partial charge < -0.3 is 10.1 Å². The van der Waals surface area contributed by atoms with Crippen molar-refractivity contribution in [2.75, 3.05) is 17.2 Å². The van der Waals surface area contributed by atoms with Crippen LogP contribution in [0, 0.1) is 0 Å². The van der Waals surface area contributed by atoms with E-state index < -0.39 is 0 Å². The molecule has 22 heavy (non-hydrogen) atoms. The summed E-state index contributed by atoms with van der Waals surface area (Å²) >= 11 is 1.57. The van der Waals surface area contributed by atoms with E-state index in [4.69, 9.17) is 4.74 Å². The summed E-state index contributed by atoms with van der Waals surface area (Å²) in [6.07, 6.45) is 4.48. The number of amides is 2. The molecule has 1 aliphatic carbocycles. The minimum absolute atomic E-state index is 0.293. The highest BCUT2D eigenvalue weighted by atomic mass is 32.1. The Morgan fingerprint density at radius 1 is 1.27 bits per heavy atom. The second-order valence-electron chi connectivity index (χ2n) is 5.10. The fourth-order valence-corrected chi connectivity index (χ4v) is 3.55. The lowest BCUT2D eigenvalue weighted by Crippen LogP contribution is -2.19. The number of rotatable bonds is 4. The zero-order valence-electron chi connectivity index (χ0n) is 12.5. The maximum atomic E-state index is 12.1. The van der Waals surface area contributed by atoms with Crippen LogP contribution >= 0.6 is 11.3 Å². The zero-order valence-corrected chi connectivity index (χ0v) is 13.3. The molecular formula is C16H19N3O2S. The van der Waals surface area contributed by atoms with Crippen LogP contribution in [0.15, 0.2) is 24.3 Å². The van der Waals surface area contributed by atoms with E-state index in [1.165, 1.54) is 17.7 Å². The molecule has 1 aromatic carbocycles. The van der Waals surface area contributed by atoms with Crippen LogP contribution < -0.4 is 15.4 Å². The lowest BCUT2D eigenvalue weighted by molar-refractivity contribution is 0.262. The molecule has 2 amide bonds. The Morgan fingerprint density at radius 3 is 2.91 bits per heavy atom. The van der Waals surface area contributed by atoms with Gasteiger partial charge in [0.1, 0.15) is 5.75 Å². The molecule has 0 fully saturated rings. The fraction of sp³-hybridized carbons (Fsp3) is 0.375. The molecule has 0 aliphatic heterocycles. The summed E-state index contributed by atoms with van der Waals surface area (Å²) in [5.41, 5.74) is 1.80. The van der Waals surface area contributed by atoms with Crippen LogP contribution in [0.25, 0.3) is 0 Å². The molecular weight excluding hydrogens is 298 g/mol. The van der Waals surface area contributed by atoms with Crippen LogP contribution in [-0.4, -0.2) is 17.6 Å². The van der Waals surface area contributed by atoms with Crippen LogP contribution in [0.1, 0.15) is 30.3 Å². The van der Waals surface area contributed by atoms with Crippen molar-refractivity contribution >= 4 is 28.2 Å². The summed E-state index contributed by atoms with van der Waals surface area (Å²) in [5.74, 6) is 0.665. The smallest absolute Gasteiger partial charge is 0.325 e. The number of hydrogen-bond donors (Lipinski definition) is 2. The molecule has 116 valence electrons. The monoisotopic (exact) mass is 317 g/mol. The number of thiazole rings is 1. The molecule has 0 saturated heterocycles. The van der Waals surface area contributed by atoms with E-state index in [1.807, 2.05) is 31.2 Å². The van der Waals surface area contributed by atoms with Crippen molar-refractivity contribution in [2.45, 2.75) is 32.6 Å². The number of anilines is 2. The molecule has 0 radical (unpaired) electrons. The van der Waals surface area contributed by atoms with Crippen molar-refractivity contribution in [3.8, 4) is 5.75 Å². The van der Waals surface area contributed by atoms with Gasteiger partial charge in [0.05, 0.1) is 18.0 Å². The van der Waals surface area contributed by atoms with E-state index >= 15 is 0 Å². The third-order valence-electron chi connectivity index (χ3n) is 3.50. The number of carbonyl (C=O) groups excluding carboxylic acids is 1. The van der Waals surface area contributed by atoms with Gasteiger partial charge in [0.25, 0.3) is 0 Å². The highest BCUT2D eigenvalue weighted by Crippen LogP contribution is 2.30. The second-order valence-corrected chi connectivity index (χ2v) is 6.19. The molecule has 0 bridgehead atoms. The molecule has 6 heteroatoms. The molecule has 1 aliphatic rings. The first-order valence-electron chi connectivity index (χ1n) is 7.54. The Balaban J connectivity index is 1.66. The third-order valence-corrected chi connectivity index (χ3v) is 4.57. The lowest BCUT2D eigenvalue weighted by atomic mass is 10.0. The summed E-state index contributed by atoms with van der Waals surface area (Å²) < 4.78 is 5.50. The summed E-state index contributed by atoms with van der Waals surface area (Å²) in [5, 5.41) is 6.30. The molecule has 1 aromatic heterocycles. The number of carbonyl (C=O) groups is 1. The van der Waals surface area contributed by atoms with Gasteiger partial charge in [0.15, 0.2) is 5.13 Å². The number of benzene rings is 1. The number of hydrogen-bond acceptors (Lipinski definition) is 4. The molecule has 1 heterocycles. The Morgan fingerprint density at radius 2 is 2.09 bits per heavy atom. The van der Waals surface area contributed by atoms with Gasteiger partial charge in [-0.1, -0.05) is 12.1 Å². The highest BCUT2D eigenvalue weighted by molar-refractivity contribution is 7.15. The first-order chi connectivity index (χ1) is 10.8. The van der Waals surface area contributed by atoms with Crippen molar-refractivity contribution in [1.82, 2.24) is 4.98 Å². The van der Waals surface area contributed by atoms with Gasteiger partial charge >= 0.3 is 6.03 Å². The highest BCUT2D eigenvalue weighted by Gasteiger charge is 2.16. The summed E-state index contributed by atoms with van der Waals surface area (Å²) in [7, 11) is 0. The molecule has 5 nitrogen and oxygen atoms in total. The topological polar surface area (TPSA) is 63.2 Å². The van der Waals surface area contributed by atoms with E-state index in [-0.39, 0.29) is 6.03 Å². The fourth-order valence-electron chi connectivity index (χ4n) is 2.51. The van der Waals surface area contributed by atoms with E-state index in [0.29, 0.717) is 23.2 Å². The summed E-state index contributed by atoms with van der Waals surface area (Å²) in [4.78, 5) is 17.9.